The van der Waals surface area contributed by atoms with E-state index in [1.165, 1.54) is 25.0 Å². The molecule has 2 rings (SSSR count). The van der Waals surface area contributed by atoms with Crippen molar-refractivity contribution in [1.82, 2.24) is 5.32 Å². The maximum Gasteiger partial charge on any atom is 0.128 e. The fourth-order valence-corrected chi connectivity index (χ4v) is 3.70. The zero-order chi connectivity index (χ0) is 10.9. The van der Waals surface area contributed by atoms with Crippen molar-refractivity contribution in [3.8, 4) is 0 Å². The van der Waals surface area contributed by atoms with Crippen LogP contribution in [-0.2, 0) is 4.74 Å². The molecule has 2 saturated heterocycles. The minimum atomic E-state index is -0.0827. The molecule has 0 spiro atoms. The molecule has 0 radical (unpaired) electrons. The molecule has 0 amide bonds. The molecule has 2 fully saturated rings. The summed E-state index contributed by atoms with van der Waals surface area (Å²) in [5, 5.41) is 4.25. The summed E-state index contributed by atoms with van der Waals surface area (Å²) >= 11 is 2.08. The SMILES string of the molecule is CC1(C)CNC(C)(C2CCCCS2)OC1.Cl. The number of hydrogen-bond acceptors (Lipinski definition) is 3. The Kier molecular flexibility index (Phi) is 5.00. The lowest BCUT2D eigenvalue weighted by molar-refractivity contribution is -0.127. The van der Waals surface area contributed by atoms with Crippen molar-refractivity contribution < 1.29 is 4.74 Å². The highest BCUT2D eigenvalue weighted by Crippen LogP contribution is 2.37. The Morgan fingerprint density at radius 2 is 2.00 bits per heavy atom. The number of ether oxygens (including phenoxy) is 1. The van der Waals surface area contributed by atoms with Gasteiger partial charge in [0.2, 0.25) is 0 Å². The van der Waals surface area contributed by atoms with Crippen LogP contribution in [0.4, 0.5) is 0 Å². The molecule has 0 aliphatic carbocycles. The van der Waals surface area contributed by atoms with Gasteiger partial charge in [0.15, 0.2) is 0 Å². The van der Waals surface area contributed by atoms with Gasteiger partial charge in [-0.2, -0.15) is 11.8 Å². The largest absolute Gasteiger partial charge is 0.359 e. The van der Waals surface area contributed by atoms with E-state index in [0.29, 0.717) is 10.7 Å². The molecule has 0 saturated carbocycles. The van der Waals surface area contributed by atoms with Crippen LogP contribution < -0.4 is 5.32 Å². The van der Waals surface area contributed by atoms with E-state index in [1.807, 2.05) is 0 Å². The lowest BCUT2D eigenvalue weighted by Gasteiger charge is -2.47. The standard InChI is InChI=1S/C12H23NOS.ClH/c1-11(2)8-13-12(3,14-9-11)10-6-4-5-7-15-10;/h10,13H,4-9H2,1-3H3;1H. The predicted molar refractivity (Wildman–Crippen MR) is 73.5 cm³/mol. The fraction of sp³-hybridized carbons (Fsp3) is 1.00. The van der Waals surface area contributed by atoms with Crippen molar-refractivity contribution in [2.75, 3.05) is 18.9 Å². The van der Waals surface area contributed by atoms with Crippen LogP contribution in [0.2, 0.25) is 0 Å². The van der Waals surface area contributed by atoms with Gasteiger partial charge in [0.25, 0.3) is 0 Å². The van der Waals surface area contributed by atoms with Crippen LogP contribution in [-0.4, -0.2) is 29.9 Å². The molecular weight excluding hydrogens is 242 g/mol. The molecule has 2 unspecified atom stereocenters. The summed E-state index contributed by atoms with van der Waals surface area (Å²) in [5.74, 6) is 1.30. The molecule has 0 bridgehead atoms. The summed E-state index contributed by atoms with van der Waals surface area (Å²) in [6.45, 7) is 8.69. The number of hydrogen-bond donors (Lipinski definition) is 1. The van der Waals surface area contributed by atoms with Crippen molar-refractivity contribution in [2.45, 2.75) is 51.0 Å². The minimum Gasteiger partial charge on any atom is -0.359 e. The molecule has 0 aromatic carbocycles. The zero-order valence-electron chi connectivity index (χ0n) is 10.5. The second-order valence-corrected chi connectivity index (χ2v) is 7.08. The van der Waals surface area contributed by atoms with Gasteiger partial charge in [-0.3, -0.25) is 5.32 Å². The number of halogens is 1. The van der Waals surface area contributed by atoms with Gasteiger partial charge in [-0.05, 0) is 25.5 Å². The third kappa shape index (κ3) is 3.28. The maximum atomic E-state index is 6.09. The van der Waals surface area contributed by atoms with E-state index in [9.17, 15) is 0 Å². The van der Waals surface area contributed by atoms with E-state index in [-0.39, 0.29) is 18.1 Å². The summed E-state index contributed by atoms with van der Waals surface area (Å²) < 4.78 is 6.09. The average molecular weight is 266 g/mol. The number of nitrogens with one attached hydrogen (secondary N) is 1. The Morgan fingerprint density at radius 3 is 2.50 bits per heavy atom. The van der Waals surface area contributed by atoms with Crippen molar-refractivity contribution in [1.29, 1.82) is 0 Å². The number of rotatable bonds is 1. The van der Waals surface area contributed by atoms with Crippen molar-refractivity contribution in [2.24, 2.45) is 5.41 Å². The maximum absolute atomic E-state index is 6.09. The Bertz CT molecular complexity index is 219. The van der Waals surface area contributed by atoms with Crippen LogP contribution in [0.3, 0.4) is 0 Å². The second-order valence-electron chi connectivity index (χ2n) is 5.77. The third-order valence-corrected chi connectivity index (χ3v) is 5.09. The van der Waals surface area contributed by atoms with E-state index in [1.54, 1.807) is 0 Å². The molecule has 0 aromatic heterocycles. The summed E-state index contributed by atoms with van der Waals surface area (Å²) in [5.41, 5.74) is 0.208. The normalized spacial score (nSPS) is 38.8. The van der Waals surface area contributed by atoms with E-state index in [4.69, 9.17) is 4.74 Å². The van der Waals surface area contributed by atoms with Gasteiger partial charge in [0, 0.05) is 17.2 Å². The highest BCUT2D eigenvalue weighted by atomic mass is 35.5. The Labute approximate surface area is 110 Å². The van der Waals surface area contributed by atoms with Gasteiger partial charge in [-0.1, -0.05) is 20.3 Å². The van der Waals surface area contributed by atoms with Gasteiger partial charge in [-0.15, -0.1) is 12.4 Å². The smallest absolute Gasteiger partial charge is 0.128 e. The van der Waals surface area contributed by atoms with E-state index in [0.717, 1.165) is 13.2 Å². The molecule has 0 aromatic rings. The average Bonchev–Trinajstić information content (AvgIpc) is 2.24. The highest BCUT2D eigenvalue weighted by molar-refractivity contribution is 8.00. The van der Waals surface area contributed by atoms with Crippen LogP contribution in [0.15, 0.2) is 0 Å². The van der Waals surface area contributed by atoms with Crippen molar-refractivity contribution in [3.05, 3.63) is 0 Å². The van der Waals surface area contributed by atoms with Gasteiger partial charge >= 0.3 is 0 Å². The summed E-state index contributed by atoms with van der Waals surface area (Å²) in [4.78, 5) is 0. The lowest BCUT2D eigenvalue weighted by Crippen LogP contribution is -2.61. The highest BCUT2D eigenvalue weighted by Gasteiger charge is 2.41. The zero-order valence-corrected chi connectivity index (χ0v) is 12.2. The summed E-state index contributed by atoms with van der Waals surface area (Å²) in [7, 11) is 0. The topological polar surface area (TPSA) is 21.3 Å². The van der Waals surface area contributed by atoms with Crippen LogP contribution in [0.5, 0.6) is 0 Å². The second kappa shape index (κ2) is 5.47. The van der Waals surface area contributed by atoms with Crippen LogP contribution in [0.1, 0.15) is 40.0 Å². The van der Waals surface area contributed by atoms with E-state index >= 15 is 0 Å². The number of thioether (sulfide) groups is 1. The molecule has 2 heterocycles. The molecule has 16 heavy (non-hydrogen) atoms. The van der Waals surface area contributed by atoms with Crippen molar-refractivity contribution in [3.63, 3.8) is 0 Å². The molecule has 2 aliphatic rings. The first-order chi connectivity index (χ1) is 7.02. The molecular formula is C12H24ClNOS. The lowest BCUT2D eigenvalue weighted by atomic mass is 9.91. The monoisotopic (exact) mass is 265 g/mol. The first-order valence-electron chi connectivity index (χ1n) is 6.02. The Balaban J connectivity index is 0.00000128. The Hall–Kier alpha value is 0.560. The fourth-order valence-electron chi connectivity index (χ4n) is 2.24. The first-order valence-corrected chi connectivity index (χ1v) is 7.07. The molecule has 1 N–H and O–H groups in total. The van der Waals surface area contributed by atoms with Crippen LogP contribution >= 0.6 is 24.2 Å². The predicted octanol–water partition coefficient (Wildman–Crippen LogP) is 3.06. The third-order valence-electron chi connectivity index (χ3n) is 3.47. The van der Waals surface area contributed by atoms with Crippen LogP contribution in [0.25, 0.3) is 0 Å². The summed E-state index contributed by atoms with van der Waals surface area (Å²) in [6.07, 6.45) is 4.04. The van der Waals surface area contributed by atoms with Gasteiger partial charge < -0.3 is 4.74 Å². The van der Waals surface area contributed by atoms with Crippen LogP contribution in [0, 0.1) is 5.41 Å². The van der Waals surface area contributed by atoms with Gasteiger partial charge in [0.05, 0.1) is 6.61 Å². The summed E-state index contributed by atoms with van der Waals surface area (Å²) in [6, 6.07) is 0. The van der Waals surface area contributed by atoms with Gasteiger partial charge in [-0.25, -0.2) is 0 Å². The molecule has 4 heteroatoms. The van der Waals surface area contributed by atoms with Gasteiger partial charge in [0.1, 0.15) is 5.72 Å². The Morgan fingerprint density at radius 1 is 1.25 bits per heavy atom. The molecule has 2 atom stereocenters. The quantitative estimate of drug-likeness (QED) is 0.787. The molecule has 2 aliphatic heterocycles. The first kappa shape index (κ1) is 14.6. The minimum absolute atomic E-state index is 0. The van der Waals surface area contributed by atoms with E-state index < -0.39 is 0 Å². The van der Waals surface area contributed by atoms with Crippen molar-refractivity contribution >= 4 is 24.2 Å². The van der Waals surface area contributed by atoms with E-state index in [2.05, 4.69) is 37.8 Å². The molecule has 2 nitrogen and oxygen atoms in total. The molecule has 96 valence electrons.